The zero-order valence-electron chi connectivity index (χ0n) is 6.78. The molecule has 0 atom stereocenters. The minimum Gasteiger partial charge on any atom is -0.115 e. The van der Waals surface area contributed by atoms with Crippen molar-refractivity contribution >= 4 is 11.6 Å². The minimum absolute atomic E-state index is 0.0968. The maximum atomic E-state index is 6.14. The summed E-state index contributed by atoms with van der Waals surface area (Å²) in [7, 11) is 0. The molecule has 0 amide bonds. The highest BCUT2D eigenvalue weighted by Crippen LogP contribution is 2.31. The summed E-state index contributed by atoms with van der Waals surface area (Å²) in [4.78, 5) is -0.0968. The third-order valence-corrected chi connectivity index (χ3v) is 2.30. The fraction of sp³-hybridized carbons (Fsp3) is 0.778. The second kappa shape index (κ2) is 2.96. The van der Waals surface area contributed by atoms with E-state index in [2.05, 4.69) is 19.9 Å². The van der Waals surface area contributed by atoms with Gasteiger partial charge in [0.1, 0.15) is 0 Å². The van der Waals surface area contributed by atoms with Crippen LogP contribution in [0.2, 0.25) is 0 Å². The summed E-state index contributed by atoms with van der Waals surface area (Å²) in [5.41, 5.74) is 1.43. The van der Waals surface area contributed by atoms with Gasteiger partial charge in [0.2, 0.25) is 0 Å². The molecule has 1 heteroatoms. The van der Waals surface area contributed by atoms with Gasteiger partial charge in [-0.05, 0) is 39.5 Å². The van der Waals surface area contributed by atoms with Gasteiger partial charge in [-0.25, -0.2) is 0 Å². The number of allylic oxidation sites excluding steroid dienone is 2. The van der Waals surface area contributed by atoms with Gasteiger partial charge in [0, 0.05) is 0 Å². The molecule has 0 N–H and O–H groups in total. The van der Waals surface area contributed by atoms with E-state index in [0.717, 1.165) is 0 Å². The van der Waals surface area contributed by atoms with Crippen molar-refractivity contribution in [1.82, 2.24) is 0 Å². The fourth-order valence-corrected chi connectivity index (χ4v) is 1.55. The van der Waals surface area contributed by atoms with E-state index in [1.54, 1.807) is 0 Å². The lowest BCUT2D eigenvalue weighted by molar-refractivity contribution is 0.639. The smallest absolute Gasteiger partial charge is 0.0598 e. The lowest BCUT2D eigenvalue weighted by atomic mass is 9.91. The van der Waals surface area contributed by atoms with E-state index in [9.17, 15) is 0 Å². The summed E-state index contributed by atoms with van der Waals surface area (Å²) in [5, 5.41) is 0. The zero-order valence-corrected chi connectivity index (χ0v) is 7.54. The van der Waals surface area contributed by atoms with Gasteiger partial charge in [0.05, 0.1) is 4.87 Å². The lowest BCUT2D eigenvalue weighted by Crippen LogP contribution is -2.15. The SMILES string of the molecule is CC(C)(Cl)C1=CCCCC1. The summed E-state index contributed by atoms with van der Waals surface area (Å²) in [5.74, 6) is 0. The first kappa shape index (κ1) is 8.13. The third-order valence-electron chi connectivity index (χ3n) is 2.05. The van der Waals surface area contributed by atoms with Gasteiger partial charge >= 0.3 is 0 Å². The van der Waals surface area contributed by atoms with Crippen LogP contribution in [0.3, 0.4) is 0 Å². The van der Waals surface area contributed by atoms with E-state index in [4.69, 9.17) is 11.6 Å². The van der Waals surface area contributed by atoms with Gasteiger partial charge in [-0.2, -0.15) is 0 Å². The van der Waals surface area contributed by atoms with Gasteiger partial charge < -0.3 is 0 Å². The maximum Gasteiger partial charge on any atom is 0.0598 e. The summed E-state index contributed by atoms with van der Waals surface area (Å²) in [6.07, 6.45) is 7.40. The van der Waals surface area contributed by atoms with Gasteiger partial charge in [0.15, 0.2) is 0 Å². The Morgan fingerprint density at radius 3 is 2.40 bits per heavy atom. The van der Waals surface area contributed by atoms with Crippen LogP contribution in [-0.2, 0) is 0 Å². The largest absolute Gasteiger partial charge is 0.115 e. The molecule has 0 radical (unpaired) electrons. The number of alkyl halides is 1. The molecule has 0 bridgehead atoms. The summed E-state index contributed by atoms with van der Waals surface area (Å²) < 4.78 is 0. The maximum absolute atomic E-state index is 6.14. The molecule has 0 saturated heterocycles. The van der Waals surface area contributed by atoms with Crippen LogP contribution < -0.4 is 0 Å². The predicted octanol–water partition coefficient (Wildman–Crippen LogP) is 3.50. The zero-order chi connectivity index (χ0) is 7.61. The molecule has 1 aliphatic carbocycles. The highest BCUT2D eigenvalue weighted by molar-refractivity contribution is 6.25. The molecule has 0 saturated carbocycles. The molecule has 0 unspecified atom stereocenters. The molecule has 0 aromatic carbocycles. The fourth-order valence-electron chi connectivity index (χ4n) is 1.38. The Kier molecular flexibility index (Phi) is 2.40. The Balaban J connectivity index is 2.62. The topological polar surface area (TPSA) is 0 Å². The van der Waals surface area contributed by atoms with Crippen molar-refractivity contribution < 1.29 is 0 Å². The van der Waals surface area contributed by atoms with Crippen molar-refractivity contribution in [3.05, 3.63) is 11.6 Å². The van der Waals surface area contributed by atoms with Crippen molar-refractivity contribution in [2.75, 3.05) is 0 Å². The molecular formula is C9H15Cl. The third kappa shape index (κ3) is 2.02. The van der Waals surface area contributed by atoms with Crippen LogP contribution in [0.15, 0.2) is 11.6 Å². The van der Waals surface area contributed by atoms with Crippen molar-refractivity contribution in [3.8, 4) is 0 Å². The minimum atomic E-state index is -0.0968. The molecule has 0 aliphatic heterocycles. The summed E-state index contributed by atoms with van der Waals surface area (Å²) in [6, 6.07) is 0. The average molecular weight is 159 g/mol. The van der Waals surface area contributed by atoms with Gasteiger partial charge in [-0.3, -0.25) is 0 Å². The standard InChI is InChI=1S/C9H15Cl/c1-9(2,10)8-6-4-3-5-7-8/h6H,3-5,7H2,1-2H3. The molecule has 1 aliphatic rings. The van der Waals surface area contributed by atoms with Crippen molar-refractivity contribution in [3.63, 3.8) is 0 Å². The number of hydrogen-bond donors (Lipinski definition) is 0. The van der Waals surface area contributed by atoms with Crippen LogP contribution >= 0.6 is 11.6 Å². The second-order valence-corrected chi connectivity index (χ2v) is 4.39. The van der Waals surface area contributed by atoms with Crippen molar-refractivity contribution in [1.29, 1.82) is 0 Å². The molecule has 0 aromatic rings. The monoisotopic (exact) mass is 158 g/mol. The van der Waals surface area contributed by atoms with Crippen LogP contribution in [0.5, 0.6) is 0 Å². The van der Waals surface area contributed by atoms with Crippen LogP contribution in [0.1, 0.15) is 39.5 Å². The molecule has 0 aromatic heterocycles. The predicted molar refractivity (Wildman–Crippen MR) is 46.5 cm³/mol. The van der Waals surface area contributed by atoms with Crippen LogP contribution in [-0.4, -0.2) is 4.87 Å². The molecule has 0 fully saturated rings. The summed E-state index contributed by atoms with van der Waals surface area (Å²) in [6.45, 7) is 4.15. The molecule has 58 valence electrons. The first-order valence-corrected chi connectivity index (χ1v) is 4.37. The van der Waals surface area contributed by atoms with E-state index in [1.165, 1.54) is 31.3 Å². The lowest BCUT2D eigenvalue weighted by Gasteiger charge is -2.23. The van der Waals surface area contributed by atoms with Crippen molar-refractivity contribution in [2.24, 2.45) is 0 Å². The van der Waals surface area contributed by atoms with Gasteiger partial charge in [-0.15, -0.1) is 11.6 Å². The van der Waals surface area contributed by atoms with Crippen LogP contribution in [0.4, 0.5) is 0 Å². The van der Waals surface area contributed by atoms with E-state index in [-0.39, 0.29) is 4.87 Å². The number of halogens is 1. The van der Waals surface area contributed by atoms with Gasteiger partial charge in [0.25, 0.3) is 0 Å². The summed E-state index contributed by atoms with van der Waals surface area (Å²) >= 11 is 6.14. The quantitative estimate of drug-likeness (QED) is 0.405. The Hall–Kier alpha value is 0.0300. The van der Waals surface area contributed by atoms with Crippen LogP contribution in [0.25, 0.3) is 0 Å². The van der Waals surface area contributed by atoms with E-state index in [0.29, 0.717) is 0 Å². The van der Waals surface area contributed by atoms with E-state index < -0.39 is 0 Å². The highest BCUT2D eigenvalue weighted by atomic mass is 35.5. The number of hydrogen-bond acceptors (Lipinski definition) is 0. The number of rotatable bonds is 1. The van der Waals surface area contributed by atoms with E-state index in [1.807, 2.05) is 0 Å². The average Bonchev–Trinajstić information content (AvgIpc) is 1.88. The Morgan fingerprint density at radius 1 is 1.40 bits per heavy atom. The first-order chi connectivity index (χ1) is 4.61. The van der Waals surface area contributed by atoms with Gasteiger partial charge in [-0.1, -0.05) is 11.6 Å². The van der Waals surface area contributed by atoms with E-state index >= 15 is 0 Å². The molecule has 10 heavy (non-hydrogen) atoms. The van der Waals surface area contributed by atoms with Crippen molar-refractivity contribution in [2.45, 2.75) is 44.4 Å². The second-order valence-electron chi connectivity index (χ2n) is 3.45. The molecule has 0 spiro atoms. The van der Waals surface area contributed by atoms with Crippen LogP contribution in [0, 0.1) is 0 Å². The Labute approximate surface area is 68.3 Å². The highest BCUT2D eigenvalue weighted by Gasteiger charge is 2.20. The molecule has 1 rings (SSSR count). The first-order valence-electron chi connectivity index (χ1n) is 3.99. The molecule has 0 heterocycles. The Morgan fingerprint density at radius 2 is 2.10 bits per heavy atom. The molecule has 0 nitrogen and oxygen atoms in total. The normalized spacial score (nSPS) is 20.5. The molecular weight excluding hydrogens is 144 g/mol. The Bertz CT molecular complexity index is 139.